The van der Waals surface area contributed by atoms with Gasteiger partial charge < -0.3 is 10.1 Å². The number of rotatable bonds is 6. The number of alkyl halides is 3. The summed E-state index contributed by atoms with van der Waals surface area (Å²) in [6.07, 6.45) is -1.49. The number of halogens is 3. The molecule has 3 heterocycles. The zero-order valence-electron chi connectivity index (χ0n) is 13.7. The highest BCUT2D eigenvalue weighted by molar-refractivity contribution is 7.13. The lowest BCUT2D eigenvalue weighted by atomic mass is 10.3. The van der Waals surface area contributed by atoms with Gasteiger partial charge in [-0.3, -0.25) is 9.78 Å². The molecule has 0 bridgehead atoms. The fourth-order valence-corrected chi connectivity index (χ4v) is 2.86. The maximum Gasteiger partial charge on any atom is 0.422 e. The van der Waals surface area contributed by atoms with Gasteiger partial charge in [-0.05, 0) is 18.2 Å². The van der Waals surface area contributed by atoms with Gasteiger partial charge in [-0.25, -0.2) is 9.97 Å². The van der Waals surface area contributed by atoms with Gasteiger partial charge in [0.1, 0.15) is 5.01 Å². The highest BCUT2D eigenvalue weighted by atomic mass is 32.1. The van der Waals surface area contributed by atoms with Crippen molar-refractivity contribution in [2.24, 2.45) is 0 Å². The molecular weight excluding hydrogens is 381 g/mol. The van der Waals surface area contributed by atoms with Gasteiger partial charge in [0, 0.05) is 17.6 Å². The van der Waals surface area contributed by atoms with E-state index in [0.717, 1.165) is 5.69 Å². The van der Waals surface area contributed by atoms with Gasteiger partial charge in [-0.2, -0.15) is 13.2 Å². The second-order valence-electron chi connectivity index (χ2n) is 5.37. The predicted molar refractivity (Wildman–Crippen MR) is 93.5 cm³/mol. The smallest absolute Gasteiger partial charge is 0.422 e. The molecule has 3 rings (SSSR count). The third kappa shape index (κ3) is 5.74. The molecule has 10 heteroatoms. The van der Waals surface area contributed by atoms with E-state index in [0.29, 0.717) is 16.4 Å². The molecule has 0 aromatic carbocycles. The first kappa shape index (κ1) is 18.8. The molecule has 0 atom stereocenters. The molecule has 1 N–H and O–H groups in total. The van der Waals surface area contributed by atoms with E-state index in [1.54, 1.807) is 17.6 Å². The van der Waals surface area contributed by atoms with Crippen LogP contribution in [0.3, 0.4) is 0 Å². The molecule has 27 heavy (non-hydrogen) atoms. The molecule has 0 spiro atoms. The van der Waals surface area contributed by atoms with Crippen molar-refractivity contribution in [3.63, 3.8) is 0 Å². The number of aromatic nitrogens is 3. The summed E-state index contributed by atoms with van der Waals surface area (Å²) in [7, 11) is 0. The highest BCUT2D eigenvalue weighted by Gasteiger charge is 2.28. The van der Waals surface area contributed by atoms with Gasteiger partial charge in [0.15, 0.2) is 6.61 Å². The summed E-state index contributed by atoms with van der Waals surface area (Å²) >= 11 is 1.39. The average Bonchev–Trinajstić information content (AvgIpc) is 3.09. The number of nitrogens with zero attached hydrogens (tertiary/aromatic N) is 3. The number of thiazole rings is 1. The van der Waals surface area contributed by atoms with E-state index in [9.17, 15) is 18.0 Å². The van der Waals surface area contributed by atoms with E-state index in [2.05, 4.69) is 25.0 Å². The largest absolute Gasteiger partial charge is 0.468 e. The molecule has 0 saturated carbocycles. The van der Waals surface area contributed by atoms with E-state index in [1.807, 2.05) is 12.1 Å². The first-order valence-corrected chi connectivity index (χ1v) is 8.58. The lowest BCUT2D eigenvalue weighted by Gasteiger charge is -2.09. The van der Waals surface area contributed by atoms with Crippen LogP contribution < -0.4 is 10.1 Å². The van der Waals surface area contributed by atoms with Crippen molar-refractivity contribution in [1.29, 1.82) is 0 Å². The number of amides is 1. The molecule has 0 saturated heterocycles. The van der Waals surface area contributed by atoms with Crippen LogP contribution in [0.2, 0.25) is 0 Å². The summed E-state index contributed by atoms with van der Waals surface area (Å²) in [5.41, 5.74) is 1.67. The first-order valence-electron chi connectivity index (χ1n) is 7.70. The van der Waals surface area contributed by atoms with Crippen molar-refractivity contribution in [2.75, 3.05) is 11.9 Å². The monoisotopic (exact) mass is 394 g/mol. The van der Waals surface area contributed by atoms with Crippen LogP contribution in [-0.2, 0) is 11.2 Å². The molecule has 140 valence electrons. The van der Waals surface area contributed by atoms with Gasteiger partial charge in [0.05, 0.1) is 29.7 Å². The van der Waals surface area contributed by atoms with E-state index >= 15 is 0 Å². The second-order valence-corrected chi connectivity index (χ2v) is 6.23. The Bertz CT molecular complexity index is 899. The third-order valence-corrected chi connectivity index (χ3v) is 4.09. The quantitative estimate of drug-likeness (QED) is 0.690. The molecule has 0 radical (unpaired) electrons. The Morgan fingerprint density at radius 3 is 2.70 bits per heavy atom. The molecule has 0 aliphatic heterocycles. The Labute approximate surface area is 156 Å². The topological polar surface area (TPSA) is 77.0 Å². The summed E-state index contributed by atoms with van der Waals surface area (Å²) < 4.78 is 40.8. The number of hydrogen-bond acceptors (Lipinski definition) is 6. The zero-order chi connectivity index (χ0) is 19.3. The minimum Gasteiger partial charge on any atom is -0.468 e. The van der Waals surface area contributed by atoms with Crippen molar-refractivity contribution in [1.82, 2.24) is 15.0 Å². The second kappa shape index (κ2) is 8.12. The van der Waals surface area contributed by atoms with Crippen molar-refractivity contribution in [3.05, 3.63) is 53.8 Å². The SMILES string of the molecule is O=C(Cc1csc(-c2ccccn2)n1)Nc1ccc(OCC(F)(F)F)nc1. The summed E-state index contributed by atoms with van der Waals surface area (Å²) in [6.45, 7) is -1.42. The van der Waals surface area contributed by atoms with Crippen molar-refractivity contribution in [3.8, 4) is 16.6 Å². The van der Waals surface area contributed by atoms with Gasteiger partial charge in [-0.1, -0.05) is 6.07 Å². The van der Waals surface area contributed by atoms with Gasteiger partial charge >= 0.3 is 6.18 Å². The molecule has 0 fully saturated rings. The number of carbonyl (C=O) groups excluding carboxylic acids is 1. The molecule has 3 aromatic rings. The number of anilines is 1. The van der Waals surface area contributed by atoms with Crippen LogP contribution in [-0.4, -0.2) is 33.6 Å². The lowest BCUT2D eigenvalue weighted by molar-refractivity contribution is -0.154. The normalized spacial score (nSPS) is 11.2. The summed E-state index contributed by atoms with van der Waals surface area (Å²) in [6, 6.07) is 8.15. The van der Waals surface area contributed by atoms with Crippen molar-refractivity contribution in [2.45, 2.75) is 12.6 Å². The van der Waals surface area contributed by atoms with Crippen LogP contribution >= 0.6 is 11.3 Å². The Balaban J connectivity index is 1.54. The highest BCUT2D eigenvalue weighted by Crippen LogP contribution is 2.22. The fourth-order valence-electron chi connectivity index (χ4n) is 2.06. The van der Waals surface area contributed by atoms with Crippen LogP contribution in [0.15, 0.2) is 48.1 Å². The van der Waals surface area contributed by atoms with Crippen LogP contribution in [0.4, 0.5) is 18.9 Å². The molecule has 1 amide bonds. The Hall–Kier alpha value is -3.01. The fraction of sp³-hybridized carbons (Fsp3) is 0.176. The zero-order valence-corrected chi connectivity index (χ0v) is 14.5. The number of nitrogens with one attached hydrogen (secondary N) is 1. The predicted octanol–water partition coefficient (Wildman–Crippen LogP) is 3.72. The van der Waals surface area contributed by atoms with Gasteiger partial charge in [-0.15, -0.1) is 11.3 Å². The standard InChI is InChI=1S/C17H13F3N4O2S/c18-17(19,20)10-26-15-5-4-11(8-22-15)23-14(25)7-12-9-27-16(24-12)13-3-1-2-6-21-13/h1-6,8-9H,7,10H2,(H,23,25). The lowest BCUT2D eigenvalue weighted by Crippen LogP contribution is -2.19. The molecule has 0 aliphatic rings. The number of carbonyl (C=O) groups is 1. The van der Waals surface area contributed by atoms with E-state index < -0.39 is 12.8 Å². The number of ether oxygens (including phenoxy) is 1. The molecule has 3 aromatic heterocycles. The number of hydrogen-bond donors (Lipinski definition) is 1. The average molecular weight is 394 g/mol. The van der Waals surface area contributed by atoms with E-state index in [1.165, 1.54) is 29.7 Å². The van der Waals surface area contributed by atoms with Crippen molar-refractivity contribution < 1.29 is 22.7 Å². The van der Waals surface area contributed by atoms with Crippen LogP contribution in [0, 0.1) is 0 Å². The molecular formula is C17H13F3N4O2S. The maximum atomic E-state index is 12.1. The molecule has 6 nitrogen and oxygen atoms in total. The Kier molecular flexibility index (Phi) is 5.65. The van der Waals surface area contributed by atoms with Crippen LogP contribution in [0.5, 0.6) is 5.88 Å². The Morgan fingerprint density at radius 2 is 2.04 bits per heavy atom. The summed E-state index contributed by atoms with van der Waals surface area (Å²) in [5, 5.41) is 5.10. The van der Waals surface area contributed by atoms with Crippen LogP contribution in [0.1, 0.15) is 5.69 Å². The number of pyridine rings is 2. The van der Waals surface area contributed by atoms with E-state index in [-0.39, 0.29) is 18.2 Å². The van der Waals surface area contributed by atoms with Gasteiger partial charge in [0.2, 0.25) is 11.8 Å². The van der Waals surface area contributed by atoms with E-state index in [4.69, 9.17) is 0 Å². The Morgan fingerprint density at radius 1 is 1.19 bits per heavy atom. The summed E-state index contributed by atoms with van der Waals surface area (Å²) in [5.74, 6) is -0.497. The van der Waals surface area contributed by atoms with Crippen LogP contribution in [0.25, 0.3) is 10.7 Å². The molecule has 0 unspecified atom stereocenters. The van der Waals surface area contributed by atoms with Gasteiger partial charge in [0.25, 0.3) is 0 Å². The minimum atomic E-state index is -4.43. The minimum absolute atomic E-state index is 0.0512. The maximum absolute atomic E-state index is 12.1. The third-order valence-electron chi connectivity index (χ3n) is 3.18. The summed E-state index contributed by atoms with van der Waals surface area (Å²) in [4.78, 5) is 24.4. The molecule has 0 aliphatic carbocycles. The first-order chi connectivity index (χ1) is 12.9. The van der Waals surface area contributed by atoms with Crippen molar-refractivity contribution >= 4 is 22.9 Å².